The van der Waals surface area contributed by atoms with Crippen LogP contribution in [0.3, 0.4) is 0 Å². The van der Waals surface area contributed by atoms with Crippen molar-refractivity contribution in [2.45, 2.75) is 59.2 Å². The molecule has 0 radical (unpaired) electrons. The first-order valence-electron chi connectivity index (χ1n) is 13.6. The van der Waals surface area contributed by atoms with Crippen LogP contribution in [-0.2, 0) is 16.1 Å². The Hall–Kier alpha value is -3.67. The molecule has 0 bridgehead atoms. The minimum absolute atomic E-state index is 0.660. The predicted octanol–water partition coefficient (Wildman–Crippen LogP) is 8.96. The van der Waals surface area contributed by atoms with Gasteiger partial charge in [0.1, 0.15) is 11.6 Å². The summed E-state index contributed by atoms with van der Waals surface area (Å²) in [7, 11) is 0. The van der Waals surface area contributed by atoms with Crippen molar-refractivity contribution >= 4 is 29.2 Å². The summed E-state index contributed by atoms with van der Waals surface area (Å²) >= 11 is 5.15. The van der Waals surface area contributed by atoms with E-state index in [1.807, 2.05) is 37.3 Å². The summed E-state index contributed by atoms with van der Waals surface area (Å²) in [4.78, 5) is 21.1. The van der Waals surface area contributed by atoms with Gasteiger partial charge < -0.3 is 10.1 Å². The average molecular weight is 644 g/mol. The lowest BCUT2D eigenvalue weighted by atomic mass is 10.1. The number of nitrogens with one attached hydrogen (secondary N) is 1. The summed E-state index contributed by atoms with van der Waals surface area (Å²) in [6.07, 6.45) is -1.58. The van der Waals surface area contributed by atoms with Crippen LogP contribution >= 0.6 is 11.6 Å². The molecule has 2 fully saturated rings. The second-order valence-corrected chi connectivity index (χ2v) is 11.7. The molecule has 2 aliphatic rings. The molecule has 3 aromatic rings. The van der Waals surface area contributed by atoms with E-state index < -0.39 is 75.4 Å². The highest BCUT2D eigenvalue weighted by molar-refractivity contribution is 6.30. The molecular weight excluding hydrogens is 615 g/mol. The standard InChI is InChI=1S/C17H14ClF7O2.C14H15N3/c1-6-11(19)13(21)7(14(22)12(6)20)5-27-15(26)10-8(16(10,2)3)4-9(18)17(23,24)25;1-10-9-13(11-7-8-11)17-14(15-10)16-12-5-3-2-4-6-12/h4,8,10H,5H2,1-3H3;2-6,9,11H,7-8H2,1H3,(H,15,16,17)/b9-4-;. The molecule has 0 saturated heterocycles. The molecule has 2 aliphatic carbocycles. The van der Waals surface area contributed by atoms with Crippen molar-refractivity contribution in [1.82, 2.24) is 9.97 Å². The summed E-state index contributed by atoms with van der Waals surface area (Å²) < 4.78 is 96.8. The Kier molecular flexibility index (Phi) is 9.63. The third kappa shape index (κ3) is 7.51. The second kappa shape index (κ2) is 12.7. The van der Waals surface area contributed by atoms with Gasteiger partial charge in [0.05, 0.1) is 11.5 Å². The van der Waals surface area contributed by atoms with Gasteiger partial charge in [-0.05, 0) is 56.2 Å². The fourth-order valence-electron chi connectivity index (χ4n) is 4.73. The van der Waals surface area contributed by atoms with Crippen LogP contribution in [0.15, 0.2) is 47.5 Å². The topological polar surface area (TPSA) is 64.1 Å². The fraction of sp³-hybridized carbons (Fsp3) is 0.387. The lowest BCUT2D eigenvalue weighted by Crippen LogP contribution is -2.14. The molecule has 1 N–H and O–H groups in total. The van der Waals surface area contributed by atoms with Crippen molar-refractivity contribution in [3.8, 4) is 0 Å². The highest BCUT2D eigenvalue weighted by Crippen LogP contribution is 2.60. The molecule has 0 aliphatic heterocycles. The number of allylic oxidation sites excluding steroid dienone is 2. The molecule has 5 rings (SSSR count). The van der Waals surface area contributed by atoms with Gasteiger partial charge in [0.2, 0.25) is 5.95 Å². The number of esters is 1. The zero-order valence-corrected chi connectivity index (χ0v) is 24.9. The number of benzene rings is 2. The Morgan fingerprint density at radius 3 is 2.16 bits per heavy atom. The zero-order chi connectivity index (χ0) is 32.6. The molecule has 2 atom stereocenters. The lowest BCUT2D eigenvalue weighted by Gasteiger charge is -2.10. The van der Waals surface area contributed by atoms with Crippen LogP contribution in [0, 0.1) is 54.4 Å². The second-order valence-electron chi connectivity index (χ2n) is 11.3. The third-order valence-electron chi connectivity index (χ3n) is 7.59. The first-order chi connectivity index (χ1) is 20.5. The van der Waals surface area contributed by atoms with Crippen molar-refractivity contribution < 1.29 is 40.3 Å². The van der Waals surface area contributed by atoms with E-state index in [1.165, 1.54) is 32.4 Å². The molecule has 44 heavy (non-hydrogen) atoms. The van der Waals surface area contributed by atoms with Gasteiger partial charge in [-0.1, -0.05) is 49.7 Å². The van der Waals surface area contributed by atoms with E-state index in [1.54, 1.807) is 0 Å². The summed E-state index contributed by atoms with van der Waals surface area (Å²) in [5.74, 6) is -8.31. The Morgan fingerprint density at radius 2 is 1.61 bits per heavy atom. The molecule has 1 heterocycles. The number of carbonyl (C=O) groups excluding carboxylic acids is 1. The van der Waals surface area contributed by atoms with E-state index in [2.05, 4.69) is 21.4 Å². The number of rotatable bonds is 7. The van der Waals surface area contributed by atoms with E-state index in [9.17, 15) is 35.5 Å². The van der Waals surface area contributed by atoms with Crippen LogP contribution in [0.5, 0.6) is 0 Å². The number of anilines is 2. The largest absolute Gasteiger partial charge is 0.460 e. The molecule has 1 aromatic heterocycles. The van der Waals surface area contributed by atoms with Crippen molar-refractivity contribution in [3.05, 3.63) is 93.3 Å². The molecule has 0 amide bonds. The number of ether oxygens (including phenoxy) is 1. The predicted molar refractivity (Wildman–Crippen MR) is 150 cm³/mol. The minimum Gasteiger partial charge on any atom is -0.460 e. The molecule has 2 aromatic carbocycles. The summed E-state index contributed by atoms with van der Waals surface area (Å²) in [5, 5.41) is 1.84. The fourth-order valence-corrected chi connectivity index (χ4v) is 4.86. The van der Waals surface area contributed by atoms with Gasteiger partial charge in [0.15, 0.2) is 23.3 Å². The summed E-state index contributed by atoms with van der Waals surface area (Å²) in [6.45, 7) is 4.70. The first-order valence-corrected chi connectivity index (χ1v) is 14.0. The van der Waals surface area contributed by atoms with Crippen LogP contribution < -0.4 is 5.32 Å². The molecule has 0 spiro atoms. The average Bonchev–Trinajstić information content (AvgIpc) is 3.88. The van der Waals surface area contributed by atoms with Gasteiger partial charge in [0, 0.05) is 28.6 Å². The van der Waals surface area contributed by atoms with E-state index in [-0.39, 0.29) is 0 Å². The number of nitrogens with zero attached hydrogens (tertiary/aromatic N) is 2. The normalized spacial score (nSPS) is 19.1. The van der Waals surface area contributed by atoms with Gasteiger partial charge in [0.25, 0.3) is 0 Å². The van der Waals surface area contributed by atoms with Crippen LogP contribution in [-0.4, -0.2) is 22.1 Å². The number of alkyl halides is 3. The zero-order valence-electron chi connectivity index (χ0n) is 24.1. The maximum absolute atomic E-state index is 13.8. The first kappa shape index (κ1) is 33.2. The lowest BCUT2D eigenvalue weighted by molar-refractivity contribution is -0.147. The van der Waals surface area contributed by atoms with E-state index in [0.29, 0.717) is 17.9 Å². The summed E-state index contributed by atoms with van der Waals surface area (Å²) in [5.41, 5.74) is 0.304. The van der Waals surface area contributed by atoms with Gasteiger partial charge in [-0.15, -0.1) is 0 Å². The number of para-hydroxylation sites is 1. The third-order valence-corrected chi connectivity index (χ3v) is 7.93. The van der Waals surface area contributed by atoms with Crippen LogP contribution in [0.1, 0.15) is 55.1 Å². The molecule has 5 nitrogen and oxygen atoms in total. The van der Waals surface area contributed by atoms with Crippen LogP contribution in [0.4, 0.5) is 42.4 Å². The Balaban J connectivity index is 0.000000221. The van der Waals surface area contributed by atoms with E-state index in [4.69, 9.17) is 16.3 Å². The number of carbonyl (C=O) groups is 1. The van der Waals surface area contributed by atoms with Crippen molar-refractivity contribution in [1.29, 1.82) is 0 Å². The van der Waals surface area contributed by atoms with Crippen molar-refractivity contribution in [2.75, 3.05) is 5.32 Å². The smallest absolute Gasteiger partial charge is 0.426 e. The number of halogens is 8. The minimum atomic E-state index is -4.78. The molecule has 236 valence electrons. The Morgan fingerprint density at radius 1 is 1.02 bits per heavy atom. The Bertz CT molecular complexity index is 1550. The van der Waals surface area contributed by atoms with Gasteiger partial charge in [-0.3, -0.25) is 4.79 Å². The van der Waals surface area contributed by atoms with Gasteiger partial charge in [-0.2, -0.15) is 13.2 Å². The maximum Gasteiger partial charge on any atom is 0.426 e. The highest BCUT2D eigenvalue weighted by Gasteiger charge is 2.62. The molecular formula is C31H29ClF7N3O2. The van der Waals surface area contributed by atoms with Gasteiger partial charge in [-0.25, -0.2) is 27.5 Å². The summed E-state index contributed by atoms with van der Waals surface area (Å²) in [6, 6.07) is 12.1. The van der Waals surface area contributed by atoms with Gasteiger partial charge >= 0.3 is 12.1 Å². The molecule has 2 saturated carbocycles. The van der Waals surface area contributed by atoms with E-state index in [0.717, 1.165) is 18.3 Å². The number of hydrogen-bond donors (Lipinski definition) is 1. The Labute approximate surface area is 254 Å². The maximum atomic E-state index is 13.8. The van der Waals surface area contributed by atoms with Crippen molar-refractivity contribution in [2.24, 2.45) is 17.3 Å². The molecule has 2 unspecified atom stereocenters. The highest BCUT2D eigenvalue weighted by atomic mass is 35.5. The van der Waals surface area contributed by atoms with Crippen molar-refractivity contribution in [3.63, 3.8) is 0 Å². The quantitative estimate of drug-likeness (QED) is 0.158. The number of aromatic nitrogens is 2. The number of hydrogen-bond acceptors (Lipinski definition) is 5. The van der Waals surface area contributed by atoms with E-state index >= 15 is 0 Å². The van der Waals surface area contributed by atoms with Crippen LogP contribution in [0.2, 0.25) is 0 Å². The monoisotopic (exact) mass is 643 g/mol. The number of aryl methyl sites for hydroxylation is 1. The molecule has 13 heteroatoms. The van der Waals surface area contributed by atoms with Crippen LogP contribution in [0.25, 0.3) is 0 Å². The SMILES string of the molecule is Cc1c(F)c(F)c(COC(=O)C2C(/C=C(\Cl)C(F)(F)F)C2(C)C)c(F)c1F.Cc1cc(C2CC2)nc(Nc2ccccc2)n1.